The molecule has 1 aromatic heterocycles. The lowest BCUT2D eigenvalue weighted by Crippen LogP contribution is -1.84. The van der Waals surface area contributed by atoms with Crippen LogP contribution in [-0.4, -0.2) is 4.98 Å². The summed E-state index contributed by atoms with van der Waals surface area (Å²) in [4.78, 5) is 4.27. The molecule has 0 radical (unpaired) electrons. The molecule has 0 aliphatic rings. The first-order chi connectivity index (χ1) is 11.9. The first kappa shape index (κ1) is 13.3. The summed E-state index contributed by atoms with van der Waals surface area (Å²) in [6.45, 7) is 0. The molecule has 5 aromatic rings. The second kappa shape index (κ2) is 5.17. The Bertz CT molecular complexity index is 1190. The monoisotopic (exact) mass is 305 g/mol. The van der Waals surface area contributed by atoms with E-state index < -0.39 is 0 Å². The maximum Gasteiger partial charge on any atom is 0.0346 e. The summed E-state index contributed by atoms with van der Waals surface area (Å²) in [6, 6.07) is 28.3. The molecule has 0 saturated carbocycles. The van der Waals surface area contributed by atoms with Gasteiger partial charge in [-0.05, 0) is 68.2 Å². The first-order valence-corrected chi connectivity index (χ1v) is 8.14. The maximum atomic E-state index is 4.27. The molecule has 24 heavy (non-hydrogen) atoms. The third-order valence-corrected chi connectivity index (χ3v) is 4.67. The number of hydrogen-bond donors (Lipinski definition) is 0. The molecule has 4 aromatic carbocycles. The quantitative estimate of drug-likeness (QED) is 0.336. The molecule has 1 heteroatoms. The number of hydrogen-bond acceptors (Lipinski definition) is 1. The topological polar surface area (TPSA) is 12.9 Å². The molecule has 5 rings (SSSR count). The molecule has 1 nitrogen and oxygen atoms in total. The van der Waals surface area contributed by atoms with Gasteiger partial charge in [0.05, 0.1) is 0 Å². The van der Waals surface area contributed by atoms with E-state index in [0.717, 1.165) is 5.56 Å². The average Bonchev–Trinajstić information content (AvgIpc) is 2.65. The maximum absolute atomic E-state index is 4.27. The van der Waals surface area contributed by atoms with E-state index in [4.69, 9.17) is 0 Å². The van der Waals surface area contributed by atoms with Gasteiger partial charge < -0.3 is 0 Å². The van der Waals surface area contributed by atoms with Gasteiger partial charge in [-0.2, -0.15) is 0 Å². The minimum absolute atomic E-state index is 1.16. The zero-order valence-corrected chi connectivity index (χ0v) is 13.1. The van der Waals surface area contributed by atoms with Crippen LogP contribution < -0.4 is 0 Å². The van der Waals surface area contributed by atoms with Crippen LogP contribution in [0.3, 0.4) is 0 Å². The number of fused-ring (bicyclic) bond motifs is 3. The summed E-state index contributed by atoms with van der Waals surface area (Å²) >= 11 is 0. The highest BCUT2D eigenvalue weighted by Crippen LogP contribution is 2.33. The van der Waals surface area contributed by atoms with Crippen molar-refractivity contribution in [2.75, 3.05) is 0 Å². The number of pyridine rings is 1. The lowest BCUT2D eigenvalue weighted by atomic mass is 9.95. The summed E-state index contributed by atoms with van der Waals surface area (Å²) < 4.78 is 0. The van der Waals surface area contributed by atoms with E-state index in [1.807, 2.05) is 18.5 Å². The van der Waals surface area contributed by atoms with Crippen molar-refractivity contribution in [3.63, 3.8) is 0 Å². The van der Waals surface area contributed by atoms with Crippen LogP contribution in [-0.2, 0) is 0 Å². The fourth-order valence-electron chi connectivity index (χ4n) is 3.49. The molecule has 0 spiro atoms. The van der Waals surface area contributed by atoms with E-state index >= 15 is 0 Å². The zero-order chi connectivity index (χ0) is 15.9. The molecule has 0 aliphatic heterocycles. The summed E-state index contributed by atoms with van der Waals surface area (Å²) in [6.07, 6.45) is 3.75. The van der Waals surface area contributed by atoms with Gasteiger partial charge in [0, 0.05) is 18.0 Å². The molecule has 0 unspecified atom stereocenters. The lowest BCUT2D eigenvalue weighted by Gasteiger charge is -2.09. The number of aromatic nitrogens is 1. The molecule has 0 N–H and O–H groups in total. The van der Waals surface area contributed by atoms with Crippen LogP contribution in [0, 0.1) is 0 Å². The minimum atomic E-state index is 1.16. The van der Waals surface area contributed by atoms with Crippen molar-refractivity contribution in [2.45, 2.75) is 0 Å². The summed E-state index contributed by atoms with van der Waals surface area (Å²) in [5.41, 5.74) is 2.39. The first-order valence-electron chi connectivity index (χ1n) is 8.14. The molecule has 1 heterocycles. The van der Waals surface area contributed by atoms with Crippen molar-refractivity contribution < 1.29 is 0 Å². The van der Waals surface area contributed by atoms with Crippen LogP contribution in [0.15, 0.2) is 91.3 Å². The Labute approximate surface area is 140 Å². The highest BCUT2D eigenvalue weighted by atomic mass is 14.6. The minimum Gasteiger partial charge on any atom is -0.264 e. The molecule has 0 bridgehead atoms. The van der Waals surface area contributed by atoms with Gasteiger partial charge in [-0.15, -0.1) is 0 Å². The van der Waals surface area contributed by atoms with Crippen molar-refractivity contribution in [3.05, 3.63) is 91.3 Å². The van der Waals surface area contributed by atoms with E-state index in [2.05, 4.69) is 77.8 Å². The van der Waals surface area contributed by atoms with Crippen LogP contribution in [0.4, 0.5) is 0 Å². The Hall–Kier alpha value is -3.19. The Balaban J connectivity index is 1.87. The Morgan fingerprint density at radius 1 is 0.542 bits per heavy atom. The van der Waals surface area contributed by atoms with Crippen LogP contribution in [0.2, 0.25) is 0 Å². The Morgan fingerprint density at radius 3 is 2.00 bits per heavy atom. The Morgan fingerprint density at radius 2 is 1.25 bits per heavy atom. The lowest BCUT2D eigenvalue weighted by molar-refractivity contribution is 1.33. The van der Waals surface area contributed by atoms with Crippen molar-refractivity contribution >= 4 is 32.3 Å². The highest BCUT2D eigenvalue weighted by Gasteiger charge is 2.06. The van der Waals surface area contributed by atoms with E-state index in [0.29, 0.717) is 0 Å². The van der Waals surface area contributed by atoms with Gasteiger partial charge in [-0.25, -0.2) is 0 Å². The fraction of sp³-hybridized carbons (Fsp3) is 0. The van der Waals surface area contributed by atoms with Crippen molar-refractivity contribution in [2.24, 2.45) is 0 Å². The molecule has 0 aliphatic carbocycles. The second-order valence-corrected chi connectivity index (χ2v) is 6.17. The molecular weight excluding hydrogens is 290 g/mol. The standard InChI is InChI=1S/C23H15N/c1-2-6-17-12-21-14-23-18(13-20(21)11-16(17)5-1)7-3-9-22(23)19-8-4-10-24-15-19/h1-15H. The molecule has 0 fully saturated rings. The van der Waals surface area contributed by atoms with Gasteiger partial charge in [0.25, 0.3) is 0 Å². The third-order valence-electron chi connectivity index (χ3n) is 4.67. The number of benzene rings is 4. The van der Waals surface area contributed by atoms with Gasteiger partial charge in [-0.1, -0.05) is 48.5 Å². The fourth-order valence-corrected chi connectivity index (χ4v) is 3.49. The molecule has 112 valence electrons. The van der Waals surface area contributed by atoms with Gasteiger partial charge in [0.15, 0.2) is 0 Å². The van der Waals surface area contributed by atoms with E-state index in [1.54, 1.807) is 0 Å². The number of nitrogens with zero attached hydrogens (tertiary/aromatic N) is 1. The normalized spacial score (nSPS) is 11.3. The largest absolute Gasteiger partial charge is 0.264 e. The Kier molecular flexibility index (Phi) is 2.86. The highest BCUT2D eigenvalue weighted by molar-refractivity contribution is 6.08. The predicted octanol–water partition coefficient (Wildman–Crippen LogP) is 6.21. The SMILES string of the molecule is c1cncc(-c2cccc3cc4cc5ccccc5cc4cc23)c1. The van der Waals surface area contributed by atoms with Crippen molar-refractivity contribution in [1.29, 1.82) is 0 Å². The van der Waals surface area contributed by atoms with E-state index in [9.17, 15) is 0 Å². The summed E-state index contributed by atoms with van der Waals surface area (Å²) in [5.74, 6) is 0. The summed E-state index contributed by atoms with van der Waals surface area (Å²) in [5, 5.41) is 7.66. The van der Waals surface area contributed by atoms with Gasteiger partial charge in [0.2, 0.25) is 0 Å². The third kappa shape index (κ3) is 2.06. The van der Waals surface area contributed by atoms with Crippen LogP contribution in [0.25, 0.3) is 43.4 Å². The predicted molar refractivity (Wildman–Crippen MR) is 102 cm³/mol. The second-order valence-electron chi connectivity index (χ2n) is 6.17. The van der Waals surface area contributed by atoms with Crippen LogP contribution in [0.1, 0.15) is 0 Å². The van der Waals surface area contributed by atoms with Gasteiger partial charge >= 0.3 is 0 Å². The molecule has 0 amide bonds. The van der Waals surface area contributed by atoms with Crippen LogP contribution in [0.5, 0.6) is 0 Å². The molecule has 0 atom stereocenters. The van der Waals surface area contributed by atoms with E-state index in [1.165, 1.54) is 37.9 Å². The van der Waals surface area contributed by atoms with Gasteiger partial charge in [0.1, 0.15) is 0 Å². The van der Waals surface area contributed by atoms with E-state index in [-0.39, 0.29) is 0 Å². The molecule has 0 saturated heterocycles. The zero-order valence-electron chi connectivity index (χ0n) is 13.1. The van der Waals surface area contributed by atoms with Gasteiger partial charge in [-0.3, -0.25) is 4.98 Å². The molecular formula is C23H15N. The smallest absolute Gasteiger partial charge is 0.0346 e. The van der Waals surface area contributed by atoms with Crippen molar-refractivity contribution in [1.82, 2.24) is 4.98 Å². The van der Waals surface area contributed by atoms with Crippen molar-refractivity contribution in [3.8, 4) is 11.1 Å². The number of rotatable bonds is 1. The average molecular weight is 305 g/mol. The van der Waals surface area contributed by atoms with Crippen LogP contribution >= 0.6 is 0 Å². The summed E-state index contributed by atoms with van der Waals surface area (Å²) in [7, 11) is 0.